The van der Waals surface area contributed by atoms with Crippen LogP contribution in [0.5, 0.6) is 0 Å². The van der Waals surface area contributed by atoms with Gasteiger partial charge in [-0.15, -0.1) is 11.8 Å². The minimum atomic E-state index is 0.758. The van der Waals surface area contributed by atoms with Crippen LogP contribution in [0.1, 0.15) is 0 Å². The number of thioether (sulfide) groups is 1. The molecule has 0 fully saturated rings. The van der Waals surface area contributed by atoms with E-state index in [-0.39, 0.29) is 0 Å². The lowest BCUT2D eigenvalue weighted by Crippen LogP contribution is -1.92. The van der Waals surface area contributed by atoms with Gasteiger partial charge >= 0.3 is 0 Å². The Kier molecular flexibility index (Phi) is 4.65. The van der Waals surface area contributed by atoms with E-state index in [1.807, 2.05) is 12.1 Å². The first-order chi connectivity index (χ1) is 5.84. The number of methoxy groups -OCH3 is 1. The van der Waals surface area contributed by atoms with Crippen molar-refractivity contribution in [2.75, 3.05) is 19.5 Å². The van der Waals surface area contributed by atoms with E-state index in [1.54, 1.807) is 25.1 Å². The number of halogens is 1. The van der Waals surface area contributed by atoms with E-state index in [0.717, 1.165) is 21.9 Å². The monoisotopic (exact) mass is 247 g/mol. The number of nitrogens with zero attached hydrogens (tertiary/aromatic N) is 1. The Morgan fingerprint density at radius 2 is 2.50 bits per heavy atom. The van der Waals surface area contributed by atoms with Crippen LogP contribution >= 0.6 is 27.7 Å². The molecule has 12 heavy (non-hydrogen) atoms. The number of hydrogen-bond donors (Lipinski definition) is 0. The molecule has 0 saturated carbocycles. The van der Waals surface area contributed by atoms with Gasteiger partial charge in [0.2, 0.25) is 0 Å². The highest BCUT2D eigenvalue weighted by molar-refractivity contribution is 9.10. The summed E-state index contributed by atoms with van der Waals surface area (Å²) < 4.78 is 5.99. The van der Waals surface area contributed by atoms with Crippen LogP contribution in [0, 0.1) is 0 Å². The van der Waals surface area contributed by atoms with E-state index in [9.17, 15) is 0 Å². The van der Waals surface area contributed by atoms with Gasteiger partial charge in [0.15, 0.2) is 0 Å². The highest BCUT2D eigenvalue weighted by atomic mass is 79.9. The Bertz CT molecular complexity index is 244. The normalized spacial score (nSPS) is 10.2. The first-order valence-electron chi connectivity index (χ1n) is 3.57. The van der Waals surface area contributed by atoms with Gasteiger partial charge in [-0.05, 0) is 28.1 Å². The lowest BCUT2D eigenvalue weighted by atomic mass is 10.5. The maximum Gasteiger partial charge on any atom is 0.110 e. The maximum atomic E-state index is 4.94. The van der Waals surface area contributed by atoms with Crippen molar-refractivity contribution in [1.29, 1.82) is 0 Å². The molecule has 2 nitrogen and oxygen atoms in total. The van der Waals surface area contributed by atoms with Crippen molar-refractivity contribution in [2.24, 2.45) is 0 Å². The quantitative estimate of drug-likeness (QED) is 0.604. The third-order valence-corrected chi connectivity index (χ3v) is 3.12. The van der Waals surface area contributed by atoms with Crippen LogP contribution in [-0.2, 0) is 4.74 Å². The zero-order chi connectivity index (χ0) is 8.81. The average molecular weight is 248 g/mol. The Morgan fingerprint density at radius 3 is 3.17 bits per heavy atom. The molecule has 0 aliphatic carbocycles. The van der Waals surface area contributed by atoms with Gasteiger partial charge in [0.05, 0.1) is 6.61 Å². The number of pyridine rings is 1. The number of hydrogen-bond acceptors (Lipinski definition) is 3. The minimum Gasteiger partial charge on any atom is -0.384 e. The summed E-state index contributed by atoms with van der Waals surface area (Å²) in [6.45, 7) is 0.758. The summed E-state index contributed by atoms with van der Waals surface area (Å²) in [6, 6.07) is 3.90. The van der Waals surface area contributed by atoms with Crippen molar-refractivity contribution in [3.05, 3.63) is 22.8 Å². The average Bonchev–Trinajstić information content (AvgIpc) is 2.09. The number of aromatic nitrogens is 1. The summed E-state index contributed by atoms with van der Waals surface area (Å²) in [5.41, 5.74) is 0. The lowest BCUT2D eigenvalue weighted by molar-refractivity contribution is 0.218. The molecule has 0 radical (unpaired) electrons. The molecule has 66 valence electrons. The molecule has 0 aliphatic heterocycles. The van der Waals surface area contributed by atoms with E-state index >= 15 is 0 Å². The zero-order valence-corrected chi connectivity index (χ0v) is 9.19. The van der Waals surface area contributed by atoms with Gasteiger partial charge in [-0.3, -0.25) is 0 Å². The Morgan fingerprint density at radius 1 is 1.67 bits per heavy atom. The van der Waals surface area contributed by atoms with Crippen molar-refractivity contribution in [1.82, 2.24) is 4.98 Å². The van der Waals surface area contributed by atoms with Gasteiger partial charge in [-0.25, -0.2) is 4.98 Å². The van der Waals surface area contributed by atoms with Crippen molar-refractivity contribution in [3.8, 4) is 0 Å². The third kappa shape index (κ3) is 3.13. The second-order valence-electron chi connectivity index (χ2n) is 2.13. The largest absolute Gasteiger partial charge is 0.384 e. The second-order valence-corrected chi connectivity index (χ2v) is 4.07. The van der Waals surface area contributed by atoms with E-state index in [4.69, 9.17) is 4.74 Å². The molecular weight excluding hydrogens is 238 g/mol. The summed E-state index contributed by atoms with van der Waals surface area (Å²) in [6.07, 6.45) is 1.79. The lowest BCUT2D eigenvalue weighted by Gasteiger charge is -2.01. The molecule has 4 heteroatoms. The van der Waals surface area contributed by atoms with E-state index < -0.39 is 0 Å². The van der Waals surface area contributed by atoms with Crippen molar-refractivity contribution in [3.63, 3.8) is 0 Å². The van der Waals surface area contributed by atoms with Gasteiger partial charge in [0, 0.05) is 23.5 Å². The molecule has 1 rings (SSSR count). The third-order valence-electron chi connectivity index (χ3n) is 1.25. The summed E-state index contributed by atoms with van der Waals surface area (Å²) >= 11 is 5.11. The standard InChI is InChI=1S/C8H10BrNOS/c1-11-5-6-12-8-7(9)3-2-4-10-8/h2-4H,5-6H2,1H3. The smallest absolute Gasteiger partial charge is 0.110 e. The van der Waals surface area contributed by atoms with Gasteiger partial charge < -0.3 is 4.74 Å². The number of ether oxygens (including phenoxy) is 1. The molecule has 0 bridgehead atoms. The van der Waals surface area contributed by atoms with Gasteiger partial charge in [-0.2, -0.15) is 0 Å². The maximum absolute atomic E-state index is 4.94. The minimum absolute atomic E-state index is 0.758. The summed E-state index contributed by atoms with van der Waals surface area (Å²) in [4.78, 5) is 4.21. The number of rotatable bonds is 4. The van der Waals surface area contributed by atoms with Crippen LogP contribution in [0.4, 0.5) is 0 Å². The fourth-order valence-corrected chi connectivity index (χ4v) is 2.08. The summed E-state index contributed by atoms with van der Waals surface area (Å²) in [7, 11) is 1.70. The fourth-order valence-electron chi connectivity index (χ4n) is 0.699. The van der Waals surface area contributed by atoms with Crippen LogP contribution < -0.4 is 0 Å². The predicted octanol–water partition coefficient (Wildman–Crippen LogP) is 2.58. The van der Waals surface area contributed by atoms with Crippen LogP contribution in [0.15, 0.2) is 27.8 Å². The molecule has 1 heterocycles. The van der Waals surface area contributed by atoms with Crippen LogP contribution in [-0.4, -0.2) is 24.5 Å². The zero-order valence-electron chi connectivity index (χ0n) is 6.79. The summed E-state index contributed by atoms with van der Waals surface area (Å²) in [5.74, 6) is 0.937. The SMILES string of the molecule is COCCSc1ncccc1Br. The molecule has 0 spiro atoms. The Hall–Kier alpha value is -0.0600. The topological polar surface area (TPSA) is 22.1 Å². The second kappa shape index (κ2) is 5.56. The van der Waals surface area contributed by atoms with E-state index in [2.05, 4.69) is 20.9 Å². The van der Waals surface area contributed by atoms with E-state index in [0.29, 0.717) is 0 Å². The molecule has 0 aromatic carbocycles. The molecular formula is C8H10BrNOS. The van der Waals surface area contributed by atoms with Crippen LogP contribution in [0.3, 0.4) is 0 Å². The first-order valence-corrected chi connectivity index (χ1v) is 5.34. The van der Waals surface area contributed by atoms with Gasteiger partial charge in [0.1, 0.15) is 5.03 Å². The van der Waals surface area contributed by atoms with Gasteiger partial charge in [0.25, 0.3) is 0 Å². The fraction of sp³-hybridized carbons (Fsp3) is 0.375. The molecule has 0 unspecified atom stereocenters. The Labute approximate surface area is 84.9 Å². The van der Waals surface area contributed by atoms with Crippen LogP contribution in [0.2, 0.25) is 0 Å². The summed E-state index contributed by atoms with van der Waals surface area (Å²) in [5, 5.41) is 1.02. The molecule has 1 aromatic heterocycles. The first kappa shape index (κ1) is 10.0. The molecule has 0 aliphatic rings. The molecule has 0 atom stereocenters. The van der Waals surface area contributed by atoms with E-state index in [1.165, 1.54) is 0 Å². The molecule has 0 amide bonds. The van der Waals surface area contributed by atoms with Crippen molar-refractivity contribution in [2.45, 2.75) is 5.03 Å². The van der Waals surface area contributed by atoms with Crippen molar-refractivity contribution >= 4 is 27.7 Å². The molecule has 1 aromatic rings. The highest BCUT2D eigenvalue weighted by Gasteiger charge is 1.99. The molecule has 0 N–H and O–H groups in total. The molecule has 0 saturated heterocycles. The predicted molar refractivity (Wildman–Crippen MR) is 54.5 cm³/mol. The van der Waals surface area contributed by atoms with Crippen molar-refractivity contribution < 1.29 is 4.74 Å². The van der Waals surface area contributed by atoms with Gasteiger partial charge in [-0.1, -0.05) is 0 Å². The highest BCUT2D eigenvalue weighted by Crippen LogP contribution is 2.23. The van der Waals surface area contributed by atoms with Crippen LogP contribution in [0.25, 0.3) is 0 Å². The Balaban J connectivity index is 2.46.